The van der Waals surface area contributed by atoms with E-state index in [0.717, 1.165) is 0 Å². The summed E-state index contributed by atoms with van der Waals surface area (Å²) in [5, 5.41) is 33.9. The predicted octanol–water partition coefficient (Wildman–Crippen LogP) is -0.194. The van der Waals surface area contributed by atoms with Crippen molar-refractivity contribution in [3.8, 4) is 12.1 Å². The van der Waals surface area contributed by atoms with E-state index < -0.39 is 11.5 Å². The normalized spacial score (nSPS) is 12.7. The number of carbonyl (C=O) groups excluding carboxylic acids is 1. The molecule has 0 aliphatic heterocycles. The van der Waals surface area contributed by atoms with Crippen molar-refractivity contribution in [1.82, 2.24) is 19.7 Å². The first kappa shape index (κ1) is 15.1. The zero-order valence-corrected chi connectivity index (χ0v) is 11.6. The molecule has 0 aliphatic carbocycles. The van der Waals surface area contributed by atoms with Crippen molar-refractivity contribution in [2.75, 3.05) is 5.32 Å². The molecule has 2 rings (SSSR count). The molecule has 1 unspecified atom stereocenters. The van der Waals surface area contributed by atoms with Crippen LogP contribution in [0.4, 0.5) is 5.69 Å². The highest BCUT2D eigenvalue weighted by Crippen LogP contribution is 2.12. The van der Waals surface area contributed by atoms with Gasteiger partial charge in [-0.25, -0.2) is 9.97 Å². The standard InChI is InChI=1S/C13H11N7O2/c1-13(22,8-20-7-9(2-14)4-18-20)12(21)19-10-5-16-11(3-15)17-6-10/h4-7,22H,8H2,1H3,(H,19,21). The molecule has 0 bridgehead atoms. The number of amides is 1. The first-order valence-electron chi connectivity index (χ1n) is 6.13. The number of carbonyl (C=O) groups is 1. The summed E-state index contributed by atoms with van der Waals surface area (Å²) in [7, 11) is 0. The molecule has 1 atom stereocenters. The van der Waals surface area contributed by atoms with E-state index in [9.17, 15) is 9.90 Å². The minimum atomic E-state index is -1.76. The number of nitrogens with one attached hydrogen (secondary N) is 1. The Morgan fingerprint density at radius 2 is 2.05 bits per heavy atom. The average molecular weight is 297 g/mol. The van der Waals surface area contributed by atoms with Gasteiger partial charge < -0.3 is 10.4 Å². The van der Waals surface area contributed by atoms with Crippen LogP contribution in [0.15, 0.2) is 24.8 Å². The van der Waals surface area contributed by atoms with E-state index in [1.165, 1.54) is 36.4 Å². The highest BCUT2D eigenvalue weighted by molar-refractivity contribution is 5.96. The van der Waals surface area contributed by atoms with Crippen molar-refractivity contribution >= 4 is 11.6 Å². The lowest BCUT2D eigenvalue weighted by atomic mass is 10.1. The van der Waals surface area contributed by atoms with Gasteiger partial charge in [-0.2, -0.15) is 15.6 Å². The molecule has 22 heavy (non-hydrogen) atoms. The van der Waals surface area contributed by atoms with Gasteiger partial charge in [-0.3, -0.25) is 9.48 Å². The van der Waals surface area contributed by atoms with Gasteiger partial charge in [-0.1, -0.05) is 0 Å². The van der Waals surface area contributed by atoms with Gasteiger partial charge in [-0.15, -0.1) is 0 Å². The van der Waals surface area contributed by atoms with E-state index in [-0.39, 0.29) is 18.1 Å². The predicted molar refractivity (Wildman–Crippen MR) is 72.9 cm³/mol. The van der Waals surface area contributed by atoms with Gasteiger partial charge >= 0.3 is 0 Å². The average Bonchev–Trinajstić information content (AvgIpc) is 2.95. The summed E-state index contributed by atoms with van der Waals surface area (Å²) in [4.78, 5) is 19.5. The van der Waals surface area contributed by atoms with Gasteiger partial charge in [0.05, 0.1) is 36.4 Å². The van der Waals surface area contributed by atoms with Crippen LogP contribution in [0.25, 0.3) is 0 Å². The van der Waals surface area contributed by atoms with E-state index in [0.29, 0.717) is 5.56 Å². The number of rotatable bonds is 4. The Labute approximate surface area is 125 Å². The monoisotopic (exact) mass is 297 g/mol. The van der Waals surface area contributed by atoms with Crippen LogP contribution in [0, 0.1) is 22.7 Å². The lowest BCUT2D eigenvalue weighted by molar-refractivity contribution is -0.133. The topological polar surface area (TPSA) is 141 Å². The largest absolute Gasteiger partial charge is 0.378 e. The van der Waals surface area contributed by atoms with Gasteiger partial charge in [-0.05, 0) is 6.92 Å². The van der Waals surface area contributed by atoms with Crippen molar-refractivity contribution in [1.29, 1.82) is 10.5 Å². The summed E-state index contributed by atoms with van der Waals surface area (Å²) in [5.74, 6) is -0.708. The summed E-state index contributed by atoms with van der Waals surface area (Å²) in [6.45, 7) is 1.19. The van der Waals surface area contributed by atoms with Crippen LogP contribution in [-0.2, 0) is 11.3 Å². The maximum absolute atomic E-state index is 12.1. The minimum Gasteiger partial charge on any atom is -0.378 e. The summed E-state index contributed by atoms with van der Waals surface area (Å²) in [6.07, 6.45) is 5.29. The number of anilines is 1. The second-order valence-electron chi connectivity index (χ2n) is 4.67. The number of aromatic nitrogens is 4. The number of nitriles is 2. The molecule has 9 nitrogen and oxygen atoms in total. The van der Waals surface area contributed by atoms with Crippen LogP contribution in [-0.4, -0.2) is 36.4 Å². The molecule has 9 heteroatoms. The van der Waals surface area contributed by atoms with Crippen LogP contribution in [0.3, 0.4) is 0 Å². The molecule has 0 aromatic carbocycles. The highest BCUT2D eigenvalue weighted by Gasteiger charge is 2.31. The molecule has 2 aromatic heterocycles. The molecular weight excluding hydrogens is 286 g/mol. The van der Waals surface area contributed by atoms with Crippen molar-refractivity contribution in [2.45, 2.75) is 19.1 Å². The van der Waals surface area contributed by atoms with Crippen LogP contribution in [0.2, 0.25) is 0 Å². The van der Waals surface area contributed by atoms with Crippen LogP contribution >= 0.6 is 0 Å². The molecule has 0 aliphatic rings. The first-order valence-corrected chi connectivity index (χ1v) is 6.13. The highest BCUT2D eigenvalue weighted by atomic mass is 16.3. The molecule has 0 saturated heterocycles. The fourth-order valence-electron chi connectivity index (χ4n) is 1.61. The molecule has 0 radical (unpaired) electrons. The Balaban J connectivity index is 2.06. The van der Waals surface area contributed by atoms with Crippen molar-refractivity contribution < 1.29 is 9.90 Å². The minimum absolute atomic E-state index is 0.0228. The fourth-order valence-corrected chi connectivity index (χ4v) is 1.61. The lowest BCUT2D eigenvalue weighted by Crippen LogP contribution is -2.43. The third kappa shape index (κ3) is 3.42. The Morgan fingerprint density at radius 3 is 2.59 bits per heavy atom. The Hall–Kier alpha value is -3.30. The second kappa shape index (κ2) is 5.99. The van der Waals surface area contributed by atoms with E-state index >= 15 is 0 Å². The Kier molecular flexibility index (Phi) is 4.11. The molecule has 1 amide bonds. The lowest BCUT2D eigenvalue weighted by Gasteiger charge is -2.22. The number of nitrogens with zero attached hydrogens (tertiary/aromatic N) is 6. The van der Waals surface area contributed by atoms with Crippen molar-refractivity contribution in [3.05, 3.63) is 36.2 Å². The molecule has 0 spiro atoms. The molecule has 0 fully saturated rings. The van der Waals surface area contributed by atoms with Crippen molar-refractivity contribution in [3.63, 3.8) is 0 Å². The molecular formula is C13H11N7O2. The summed E-state index contributed by atoms with van der Waals surface area (Å²) >= 11 is 0. The fraction of sp³-hybridized carbons (Fsp3) is 0.231. The van der Waals surface area contributed by atoms with E-state index in [1.807, 2.05) is 6.07 Å². The number of hydrogen-bond donors (Lipinski definition) is 2. The third-order valence-corrected chi connectivity index (χ3v) is 2.73. The number of aliphatic hydroxyl groups is 1. The molecule has 2 aromatic rings. The van der Waals surface area contributed by atoms with Crippen LogP contribution in [0.5, 0.6) is 0 Å². The number of hydrogen-bond acceptors (Lipinski definition) is 7. The van der Waals surface area contributed by atoms with E-state index in [1.54, 1.807) is 6.07 Å². The maximum atomic E-state index is 12.1. The van der Waals surface area contributed by atoms with Crippen LogP contribution < -0.4 is 5.32 Å². The molecule has 110 valence electrons. The first-order chi connectivity index (χ1) is 10.4. The quantitative estimate of drug-likeness (QED) is 0.796. The molecule has 2 heterocycles. The summed E-state index contributed by atoms with van der Waals surface area (Å²) < 4.78 is 1.30. The van der Waals surface area contributed by atoms with E-state index in [4.69, 9.17) is 10.5 Å². The molecule has 0 saturated carbocycles. The van der Waals surface area contributed by atoms with Gasteiger partial charge in [0, 0.05) is 6.20 Å². The van der Waals surface area contributed by atoms with Gasteiger partial charge in [0.25, 0.3) is 5.91 Å². The van der Waals surface area contributed by atoms with Gasteiger partial charge in [0.2, 0.25) is 5.82 Å². The second-order valence-corrected chi connectivity index (χ2v) is 4.67. The van der Waals surface area contributed by atoms with Crippen molar-refractivity contribution in [2.24, 2.45) is 0 Å². The smallest absolute Gasteiger partial charge is 0.258 e. The van der Waals surface area contributed by atoms with Gasteiger partial charge in [0.1, 0.15) is 12.1 Å². The maximum Gasteiger partial charge on any atom is 0.258 e. The zero-order valence-electron chi connectivity index (χ0n) is 11.6. The zero-order chi connectivity index (χ0) is 16.2. The van der Waals surface area contributed by atoms with Crippen LogP contribution in [0.1, 0.15) is 18.3 Å². The SMILES string of the molecule is CC(O)(Cn1cc(C#N)cn1)C(=O)Nc1cnc(C#N)nc1. The van der Waals surface area contributed by atoms with Gasteiger partial charge in [0.15, 0.2) is 5.60 Å². The summed E-state index contributed by atoms with van der Waals surface area (Å²) in [6, 6.07) is 3.66. The summed E-state index contributed by atoms with van der Waals surface area (Å²) in [5.41, 5.74) is -1.17. The Bertz CT molecular complexity index is 765. The van der Waals surface area contributed by atoms with E-state index in [2.05, 4.69) is 20.4 Å². The molecule has 2 N–H and O–H groups in total. The third-order valence-electron chi connectivity index (χ3n) is 2.73. The Morgan fingerprint density at radius 1 is 1.36 bits per heavy atom.